The summed E-state index contributed by atoms with van der Waals surface area (Å²) >= 11 is 1.32. The summed E-state index contributed by atoms with van der Waals surface area (Å²) in [6, 6.07) is 18.7. The lowest BCUT2D eigenvalue weighted by atomic mass is 9.94. The van der Waals surface area contributed by atoms with Crippen LogP contribution in [-0.2, 0) is 9.59 Å². The highest BCUT2D eigenvalue weighted by Crippen LogP contribution is 2.46. The Balaban J connectivity index is 1.74. The van der Waals surface area contributed by atoms with Crippen LogP contribution in [0.5, 0.6) is 11.5 Å². The highest BCUT2D eigenvalue weighted by molar-refractivity contribution is 7.22. The van der Waals surface area contributed by atoms with Gasteiger partial charge in [-0.15, -0.1) is 0 Å². The molecule has 1 aliphatic heterocycles. The molecule has 35 heavy (non-hydrogen) atoms. The fourth-order valence-electron chi connectivity index (χ4n) is 4.24. The predicted molar refractivity (Wildman–Crippen MR) is 135 cm³/mol. The lowest BCUT2D eigenvalue weighted by Crippen LogP contribution is -2.29. The molecule has 2 heterocycles. The molecule has 0 aliphatic carbocycles. The van der Waals surface area contributed by atoms with Crippen molar-refractivity contribution in [2.75, 3.05) is 19.1 Å². The number of anilines is 1. The normalized spacial score (nSPS) is 17.2. The fraction of sp³-hybridized carbons (Fsp3) is 0.148. The minimum Gasteiger partial charge on any atom is -0.507 e. The van der Waals surface area contributed by atoms with Crippen LogP contribution in [0.2, 0.25) is 0 Å². The summed E-state index contributed by atoms with van der Waals surface area (Å²) in [6.45, 7) is 1.98. The Morgan fingerprint density at radius 3 is 2.46 bits per heavy atom. The molecular weight excluding hydrogens is 464 g/mol. The zero-order valence-electron chi connectivity index (χ0n) is 19.3. The van der Waals surface area contributed by atoms with E-state index < -0.39 is 17.7 Å². The number of carbonyl (C=O) groups excluding carboxylic acids is 2. The number of fused-ring (bicyclic) bond motifs is 1. The van der Waals surface area contributed by atoms with Crippen molar-refractivity contribution in [3.05, 3.63) is 89.0 Å². The van der Waals surface area contributed by atoms with Gasteiger partial charge in [-0.3, -0.25) is 14.5 Å². The number of carbonyl (C=O) groups is 2. The average Bonchev–Trinajstić information content (AvgIpc) is 3.41. The molecule has 0 unspecified atom stereocenters. The molecule has 1 saturated heterocycles. The van der Waals surface area contributed by atoms with Gasteiger partial charge in [-0.05, 0) is 55.0 Å². The van der Waals surface area contributed by atoms with Gasteiger partial charge >= 0.3 is 5.91 Å². The number of ether oxygens (including phenoxy) is 2. The van der Waals surface area contributed by atoms with Crippen LogP contribution in [-0.4, -0.2) is 36.0 Å². The van der Waals surface area contributed by atoms with E-state index in [0.29, 0.717) is 27.8 Å². The summed E-state index contributed by atoms with van der Waals surface area (Å²) < 4.78 is 11.7. The maximum absolute atomic E-state index is 13.4. The number of aromatic nitrogens is 1. The van der Waals surface area contributed by atoms with Gasteiger partial charge < -0.3 is 14.6 Å². The van der Waals surface area contributed by atoms with E-state index in [1.165, 1.54) is 23.3 Å². The van der Waals surface area contributed by atoms with Crippen LogP contribution in [0.1, 0.15) is 22.7 Å². The first kappa shape index (κ1) is 22.6. The molecule has 0 spiro atoms. The second-order valence-corrected chi connectivity index (χ2v) is 9.12. The summed E-state index contributed by atoms with van der Waals surface area (Å²) in [5.74, 6) is -0.729. The first-order chi connectivity index (χ1) is 16.9. The largest absolute Gasteiger partial charge is 0.507 e. The van der Waals surface area contributed by atoms with Crippen LogP contribution >= 0.6 is 11.3 Å². The molecule has 1 N–H and O–H groups in total. The number of ketones is 1. The van der Waals surface area contributed by atoms with Gasteiger partial charge in [-0.25, -0.2) is 4.98 Å². The molecule has 1 aliphatic rings. The van der Waals surface area contributed by atoms with Gasteiger partial charge in [0.25, 0.3) is 5.78 Å². The highest BCUT2D eigenvalue weighted by Gasteiger charge is 2.49. The second-order valence-electron chi connectivity index (χ2n) is 8.11. The van der Waals surface area contributed by atoms with E-state index in [1.807, 2.05) is 25.1 Å². The molecule has 1 atom stereocenters. The van der Waals surface area contributed by atoms with Gasteiger partial charge in [0, 0.05) is 11.1 Å². The number of aryl methyl sites for hydroxylation is 1. The first-order valence-electron chi connectivity index (χ1n) is 10.9. The van der Waals surface area contributed by atoms with Crippen molar-refractivity contribution in [1.82, 2.24) is 4.98 Å². The molecule has 176 valence electrons. The number of para-hydroxylation sites is 1. The number of aliphatic hydroxyl groups excluding tert-OH is 1. The predicted octanol–water partition coefficient (Wildman–Crippen LogP) is 5.25. The minimum atomic E-state index is -0.921. The lowest BCUT2D eigenvalue weighted by Gasteiger charge is -2.24. The lowest BCUT2D eigenvalue weighted by molar-refractivity contribution is -0.132. The van der Waals surface area contributed by atoms with Crippen LogP contribution in [0.25, 0.3) is 16.0 Å². The number of rotatable bonds is 5. The van der Waals surface area contributed by atoms with Crippen molar-refractivity contribution in [3.63, 3.8) is 0 Å². The average molecular weight is 487 g/mol. The number of thiazole rings is 1. The number of aliphatic hydroxyl groups is 1. The van der Waals surface area contributed by atoms with E-state index in [-0.39, 0.29) is 11.3 Å². The molecule has 4 aromatic rings. The van der Waals surface area contributed by atoms with Gasteiger partial charge in [-0.2, -0.15) is 0 Å². The SMILES string of the molecule is COc1ccc(C(O)=C2C(=O)C(=O)N(c3nc4ccc(C)cc4s3)[C@@H]2c2ccccc2OC)cc1. The van der Waals surface area contributed by atoms with E-state index in [2.05, 4.69) is 4.98 Å². The van der Waals surface area contributed by atoms with Crippen LogP contribution in [0, 0.1) is 6.92 Å². The Hall–Kier alpha value is -4.17. The fourth-order valence-corrected chi connectivity index (χ4v) is 5.33. The third-order valence-corrected chi connectivity index (χ3v) is 7.00. The molecule has 1 amide bonds. The summed E-state index contributed by atoms with van der Waals surface area (Å²) in [6.07, 6.45) is 0. The topological polar surface area (TPSA) is 89.0 Å². The molecule has 5 rings (SSSR count). The third kappa shape index (κ3) is 3.81. The summed E-state index contributed by atoms with van der Waals surface area (Å²) in [5, 5.41) is 11.7. The van der Waals surface area contributed by atoms with Gasteiger partial charge in [0.05, 0.1) is 30.0 Å². The Morgan fingerprint density at radius 1 is 1.00 bits per heavy atom. The van der Waals surface area contributed by atoms with E-state index in [9.17, 15) is 14.7 Å². The quantitative estimate of drug-likeness (QED) is 0.236. The molecular formula is C27H22N2O5S. The smallest absolute Gasteiger partial charge is 0.301 e. The monoisotopic (exact) mass is 486 g/mol. The Labute approximate surface area is 205 Å². The van der Waals surface area contributed by atoms with Gasteiger partial charge in [-0.1, -0.05) is 35.6 Å². The van der Waals surface area contributed by atoms with Crippen molar-refractivity contribution < 1.29 is 24.2 Å². The number of hydrogen-bond donors (Lipinski definition) is 1. The summed E-state index contributed by atoms with van der Waals surface area (Å²) in [4.78, 5) is 32.8. The van der Waals surface area contributed by atoms with Crippen molar-refractivity contribution in [1.29, 1.82) is 0 Å². The number of benzene rings is 3. The zero-order valence-corrected chi connectivity index (χ0v) is 20.1. The van der Waals surface area contributed by atoms with E-state index >= 15 is 0 Å². The molecule has 3 aromatic carbocycles. The van der Waals surface area contributed by atoms with Crippen LogP contribution in [0.15, 0.2) is 72.3 Å². The van der Waals surface area contributed by atoms with Crippen LogP contribution in [0.3, 0.4) is 0 Å². The first-order valence-corrected chi connectivity index (χ1v) is 11.7. The number of methoxy groups -OCH3 is 2. The number of hydrogen-bond acceptors (Lipinski definition) is 7. The van der Waals surface area contributed by atoms with Gasteiger partial charge in [0.15, 0.2) is 5.13 Å². The maximum Gasteiger partial charge on any atom is 0.301 e. The summed E-state index contributed by atoms with van der Waals surface area (Å²) in [7, 11) is 3.07. The third-order valence-electron chi connectivity index (χ3n) is 5.98. The Morgan fingerprint density at radius 2 is 1.74 bits per heavy atom. The molecule has 8 heteroatoms. The van der Waals surface area contributed by atoms with Gasteiger partial charge in [0.1, 0.15) is 23.3 Å². The van der Waals surface area contributed by atoms with Crippen molar-refractivity contribution in [3.8, 4) is 11.5 Å². The van der Waals surface area contributed by atoms with Crippen molar-refractivity contribution in [2.24, 2.45) is 0 Å². The number of amides is 1. The highest BCUT2D eigenvalue weighted by atomic mass is 32.1. The van der Waals surface area contributed by atoms with Crippen LogP contribution in [0.4, 0.5) is 5.13 Å². The van der Waals surface area contributed by atoms with E-state index in [0.717, 1.165) is 15.8 Å². The van der Waals surface area contributed by atoms with E-state index in [1.54, 1.807) is 55.6 Å². The van der Waals surface area contributed by atoms with E-state index in [4.69, 9.17) is 9.47 Å². The Kier molecular flexibility index (Phi) is 5.74. The molecule has 1 fully saturated rings. The molecule has 0 saturated carbocycles. The van der Waals surface area contributed by atoms with Crippen molar-refractivity contribution in [2.45, 2.75) is 13.0 Å². The maximum atomic E-state index is 13.4. The van der Waals surface area contributed by atoms with Crippen LogP contribution < -0.4 is 14.4 Å². The summed E-state index contributed by atoms with van der Waals surface area (Å²) in [5.41, 5.74) is 2.73. The zero-order chi connectivity index (χ0) is 24.7. The van der Waals surface area contributed by atoms with Crippen molar-refractivity contribution >= 4 is 44.1 Å². The molecule has 0 bridgehead atoms. The minimum absolute atomic E-state index is 0.0277. The standard InChI is InChI=1S/C27H22N2O5S/c1-15-8-13-19-21(14-15)35-27(28-19)29-23(18-6-4-5-7-20(18)34-3)22(25(31)26(29)32)24(30)16-9-11-17(33-2)12-10-16/h4-14,23,30H,1-3H3/t23-/m1/s1. The Bertz CT molecular complexity index is 1490. The number of nitrogens with zero attached hydrogens (tertiary/aromatic N) is 2. The number of Topliss-reactive ketones (excluding diaryl/α,β-unsaturated/α-hetero) is 1. The molecule has 1 aromatic heterocycles. The molecule has 7 nitrogen and oxygen atoms in total. The molecule has 0 radical (unpaired) electrons. The van der Waals surface area contributed by atoms with Gasteiger partial charge in [0.2, 0.25) is 0 Å². The second kappa shape index (κ2) is 8.88.